The summed E-state index contributed by atoms with van der Waals surface area (Å²) in [4.78, 5) is 41.6. The predicted molar refractivity (Wildman–Crippen MR) is 124 cm³/mol. The Balaban J connectivity index is 1.72. The number of imide groups is 1. The topological polar surface area (TPSA) is 87.2 Å². The van der Waals surface area contributed by atoms with Crippen molar-refractivity contribution in [1.82, 2.24) is 9.80 Å². The first-order valence-electron chi connectivity index (χ1n) is 11.1. The quantitative estimate of drug-likeness (QED) is 0.532. The second kappa shape index (κ2) is 12.0. The van der Waals surface area contributed by atoms with Crippen LogP contribution in [0.5, 0.6) is 0 Å². The first-order chi connectivity index (χ1) is 16.0. The second-order valence-electron chi connectivity index (χ2n) is 8.08. The summed E-state index contributed by atoms with van der Waals surface area (Å²) < 4.78 is 5.18. The summed E-state index contributed by atoms with van der Waals surface area (Å²) in [5.74, 6) is -1.44. The van der Waals surface area contributed by atoms with Crippen molar-refractivity contribution in [2.75, 3.05) is 19.8 Å². The third kappa shape index (κ3) is 6.52. The molecule has 33 heavy (non-hydrogen) atoms. The van der Waals surface area contributed by atoms with Gasteiger partial charge in [0.1, 0.15) is 6.61 Å². The summed E-state index contributed by atoms with van der Waals surface area (Å²) in [6, 6.07) is 18.6. The van der Waals surface area contributed by atoms with Crippen LogP contribution in [0.25, 0.3) is 0 Å². The fraction of sp³-hybridized carbons (Fsp3) is 0.346. The molecule has 1 aliphatic heterocycles. The van der Waals surface area contributed by atoms with Gasteiger partial charge in [0.05, 0.1) is 18.6 Å². The van der Waals surface area contributed by atoms with Gasteiger partial charge in [-0.15, -0.1) is 6.58 Å². The molecular formula is C26H30N2O5. The number of ether oxygens (including phenoxy) is 1. The third-order valence-corrected chi connectivity index (χ3v) is 5.67. The molecule has 3 rings (SSSR count). The van der Waals surface area contributed by atoms with Crippen molar-refractivity contribution in [2.45, 2.75) is 31.8 Å². The Morgan fingerprint density at radius 3 is 2.36 bits per heavy atom. The Labute approximate surface area is 194 Å². The van der Waals surface area contributed by atoms with Crippen LogP contribution in [0.1, 0.15) is 24.0 Å². The molecule has 1 aliphatic rings. The van der Waals surface area contributed by atoms with Gasteiger partial charge in [0, 0.05) is 19.5 Å². The number of amides is 3. The van der Waals surface area contributed by atoms with E-state index in [1.165, 1.54) is 4.90 Å². The van der Waals surface area contributed by atoms with Crippen molar-refractivity contribution in [2.24, 2.45) is 5.92 Å². The first kappa shape index (κ1) is 24.2. The molecule has 7 nitrogen and oxygen atoms in total. The van der Waals surface area contributed by atoms with E-state index in [-0.39, 0.29) is 38.5 Å². The number of nitrogens with zero attached hydrogens (tertiary/aromatic N) is 2. The van der Waals surface area contributed by atoms with Gasteiger partial charge in [-0.3, -0.25) is 9.59 Å². The number of hydrogen-bond donors (Lipinski definition) is 1. The Morgan fingerprint density at radius 1 is 1.12 bits per heavy atom. The van der Waals surface area contributed by atoms with Crippen LogP contribution in [0.15, 0.2) is 73.3 Å². The van der Waals surface area contributed by atoms with E-state index in [9.17, 15) is 19.5 Å². The van der Waals surface area contributed by atoms with E-state index in [1.54, 1.807) is 6.08 Å². The van der Waals surface area contributed by atoms with E-state index in [0.29, 0.717) is 13.0 Å². The van der Waals surface area contributed by atoms with Crippen LogP contribution >= 0.6 is 0 Å². The summed E-state index contributed by atoms with van der Waals surface area (Å²) in [5.41, 5.74) is 1.92. The van der Waals surface area contributed by atoms with Crippen molar-refractivity contribution < 1.29 is 24.2 Å². The van der Waals surface area contributed by atoms with Gasteiger partial charge in [-0.2, -0.15) is 0 Å². The van der Waals surface area contributed by atoms with Crippen molar-refractivity contribution >= 4 is 17.9 Å². The van der Waals surface area contributed by atoms with Gasteiger partial charge in [0.25, 0.3) is 0 Å². The molecule has 0 saturated carbocycles. The summed E-state index contributed by atoms with van der Waals surface area (Å²) in [6.07, 6.45) is 1.55. The normalized spacial score (nSPS) is 16.2. The molecule has 0 bridgehead atoms. The van der Waals surface area contributed by atoms with Crippen LogP contribution in [-0.4, -0.2) is 58.6 Å². The number of carbonyl (C=O) groups is 3. The minimum atomic E-state index is -0.740. The standard InChI is InChI=1S/C26H30N2O5/c1-2-9-22(17-24(30)27(14-15-29)18-21-12-7-4-8-13-21)25(31)28-23(19-33-26(28)32)16-20-10-5-3-6-11-20/h2-8,10-13,22-23,29H,1,9,14-19H2/t22-,23+/m0/s1. The van der Waals surface area contributed by atoms with E-state index in [1.807, 2.05) is 60.7 Å². The fourth-order valence-electron chi connectivity index (χ4n) is 3.99. The molecular weight excluding hydrogens is 420 g/mol. The molecule has 2 aromatic rings. The van der Waals surface area contributed by atoms with Gasteiger partial charge in [0.15, 0.2) is 0 Å². The molecule has 0 spiro atoms. The van der Waals surface area contributed by atoms with Crippen molar-refractivity contribution in [3.05, 3.63) is 84.4 Å². The average Bonchev–Trinajstić information content (AvgIpc) is 3.19. The lowest BCUT2D eigenvalue weighted by Crippen LogP contribution is -2.45. The molecule has 7 heteroatoms. The molecule has 0 aromatic heterocycles. The maximum atomic E-state index is 13.4. The largest absolute Gasteiger partial charge is 0.447 e. The van der Waals surface area contributed by atoms with E-state index in [4.69, 9.17) is 4.74 Å². The van der Waals surface area contributed by atoms with E-state index in [2.05, 4.69) is 6.58 Å². The van der Waals surface area contributed by atoms with Crippen molar-refractivity contribution in [1.29, 1.82) is 0 Å². The Kier molecular flexibility index (Phi) is 8.78. The van der Waals surface area contributed by atoms with Crippen LogP contribution in [0, 0.1) is 5.92 Å². The number of cyclic esters (lactones) is 1. The molecule has 1 N–H and O–H groups in total. The molecule has 0 unspecified atom stereocenters. The fourth-order valence-corrected chi connectivity index (χ4v) is 3.99. The lowest BCUT2D eigenvalue weighted by molar-refractivity contribution is -0.140. The third-order valence-electron chi connectivity index (χ3n) is 5.67. The van der Waals surface area contributed by atoms with Gasteiger partial charge in [-0.25, -0.2) is 9.69 Å². The van der Waals surface area contributed by atoms with Crippen LogP contribution in [0.4, 0.5) is 4.79 Å². The number of allylic oxidation sites excluding steroid dienone is 1. The summed E-state index contributed by atoms with van der Waals surface area (Å²) in [5, 5.41) is 9.45. The lowest BCUT2D eigenvalue weighted by Gasteiger charge is -2.27. The lowest BCUT2D eigenvalue weighted by atomic mass is 9.97. The number of aliphatic hydroxyl groups is 1. The summed E-state index contributed by atoms with van der Waals surface area (Å²) in [7, 11) is 0. The zero-order valence-electron chi connectivity index (χ0n) is 18.6. The molecule has 1 saturated heterocycles. The summed E-state index contributed by atoms with van der Waals surface area (Å²) in [6.45, 7) is 4.15. The monoisotopic (exact) mass is 450 g/mol. The molecule has 0 aliphatic carbocycles. The number of carbonyl (C=O) groups excluding carboxylic acids is 3. The van der Waals surface area contributed by atoms with Gasteiger partial charge in [-0.1, -0.05) is 66.7 Å². The first-order valence-corrected chi connectivity index (χ1v) is 11.1. The Bertz CT molecular complexity index is 948. The highest BCUT2D eigenvalue weighted by molar-refractivity contribution is 5.96. The van der Waals surface area contributed by atoms with E-state index >= 15 is 0 Å². The molecule has 3 amide bonds. The summed E-state index contributed by atoms with van der Waals surface area (Å²) >= 11 is 0. The van der Waals surface area contributed by atoms with Crippen molar-refractivity contribution in [3.63, 3.8) is 0 Å². The minimum Gasteiger partial charge on any atom is -0.447 e. The van der Waals surface area contributed by atoms with Gasteiger partial charge >= 0.3 is 6.09 Å². The highest BCUT2D eigenvalue weighted by atomic mass is 16.6. The Hall–Kier alpha value is -3.45. The predicted octanol–water partition coefficient (Wildman–Crippen LogP) is 3.18. The smallest absolute Gasteiger partial charge is 0.416 e. The molecule has 2 atom stereocenters. The maximum Gasteiger partial charge on any atom is 0.416 e. The SMILES string of the molecule is C=CC[C@@H](CC(=O)N(CCO)Cc1ccccc1)C(=O)N1C(=O)OC[C@H]1Cc1ccccc1. The molecule has 1 fully saturated rings. The van der Waals surface area contributed by atoms with Crippen LogP contribution < -0.4 is 0 Å². The van der Waals surface area contributed by atoms with Crippen molar-refractivity contribution in [3.8, 4) is 0 Å². The van der Waals surface area contributed by atoms with E-state index in [0.717, 1.165) is 16.0 Å². The second-order valence-corrected chi connectivity index (χ2v) is 8.08. The number of rotatable bonds is 11. The van der Waals surface area contributed by atoms with Crippen LogP contribution in [0.2, 0.25) is 0 Å². The maximum absolute atomic E-state index is 13.4. The van der Waals surface area contributed by atoms with Gasteiger partial charge in [0.2, 0.25) is 11.8 Å². The minimum absolute atomic E-state index is 0.0838. The highest BCUT2D eigenvalue weighted by Crippen LogP contribution is 2.24. The average molecular weight is 451 g/mol. The zero-order chi connectivity index (χ0) is 23.6. The van der Waals surface area contributed by atoms with Crippen LogP contribution in [0.3, 0.4) is 0 Å². The molecule has 2 aromatic carbocycles. The molecule has 174 valence electrons. The van der Waals surface area contributed by atoms with Crippen LogP contribution in [-0.2, 0) is 27.3 Å². The number of aliphatic hydroxyl groups excluding tert-OH is 1. The molecule has 0 radical (unpaired) electrons. The number of benzene rings is 2. The molecule has 1 heterocycles. The van der Waals surface area contributed by atoms with Gasteiger partial charge in [-0.05, 0) is 24.0 Å². The van der Waals surface area contributed by atoms with Gasteiger partial charge < -0.3 is 14.7 Å². The van der Waals surface area contributed by atoms with E-state index < -0.39 is 24.0 Å². The highest BCUT2D eigenvalue weighted by Gasteiger charge is 2.41. The Morgan fingerprint density at radius 2 is 1.76 bits per heavy atom. The number of hydrogen-bond acceptors (Lipinski definition) is 5. The zero-order valence-corrected chi connectivity index (χ0v) is 18.6.